The number of hydrogen-bond donors (Lipinski definition) is 0. The average molecular weight is 170 g/mol. The molecule has 0 aliphatic rings. The summed E-state index contributed by atoms with van der Waals surface area (Å²) in [5, 5.41) is 0. The molecule has 0 aromatic heterocycles. The maximum atomic E-state index is 11.0. The Balaban J connectivity index is 4.18. The van der Waals surface area contributed by atoms with Gasteiger partial charge in [-0.25, -0.2) is 4.79 Å². The number of rotatable bonds is 5. The first-order valence-corrected chi connectivity index (χ1v) is 3.91. The van der Waals surface area contributed by atoms with Gasteiger partial charge in [-0.15, -0.1) is 0 Å². The van der Waals surface area contributed by atoms with Crippen LogP contribution in [0.5, 0.6) is 0 Å². The second-order valence-corrected chi connectivity index (χ2v) is 1.98. The van der Waals surface area contributed by atoms with Crippen molar-refractivity contribution in [3.05, 3.63) is 24.7 Å². The lowest BCUT2D eigenvalue weighted by Gasteiger charge is -2.04. The second-order valence-electron chi connectivity index (χ2n) is 1.98. The summed E-state index contributed by atoms with van der Waals surface area (Å²) in [6.45, 7) is 7.46. The molecule has 0 spiro atoms. The highest BCUT2D eigenvalue weighted by atomic mass is 16.6. The maximum Gasteiger partial charge on any atom is 0.378 e. The van der Waals surface area contributed by atoms with Gasteiger partial charge in [0.2, 0.25) is 5.76 Å². The smallest absolute Gasteiger partial charge is 0.378 e. The predicted octanol–water partition coefficient (Wildman–Crippen LogP) is 2.00. The maximum absolute atomic E-state index is 11.0. The van der Waals surface area contributed by atoms with Gasteiger partial charge < -0.3 is 9.47 Å². The molecule has 0 radical (unpaired) electrons. The molecule has 0 fully saturated rings. The van der Waals surface area contributed by atoms with Gasteiger partial charge in [-0.2, -0.15) is 0 Å². The minimum atomic E-state index is -0.492. The van der Waals surface area contributed by atoms with E-state index in [2.05, 4.69) is 11.3 Å². The lowest BCUT2D eigenvalue weighted by molar-refractivity contribution is -0.137. The quantitative estimate of drug-likeness (QED) is 0.359. The fourth-order valence-electron chi connectivity index (χ4n) is 0.676. The van der Waals surface area contributed by atoms with E-state index in [1.54, 1.807) is 6.08 Å². The van der Waals surface area contributed by atoms with Gasteiger partial charge in [0, 0.05) is 0 Å². The van der Waals surface area contributed by atoms with Crippen molar-refractivity contribution in [1.82, 2.24) is 0 Å². The van der Waals surface area contributed by atoms with Crippen LogP contribution in [0.25, 0.3) is 0 Å². The number of esters is 1. The molecule has 0 saturated carbocycles. The molecular weight excluding hydrogens is 156 g/mol. The minimum Gasteiger partial charge on any atom is -0.487 e. The number of hydrogen-bond acceptors (Lipinski definition) is 3. The molecule has 0 aliphatic heterocycles. The van der Waals surface area contributed by atoms with Crippen LogP contribution < -0.4 is 0 Å². The highest BCUT2D eigenvalue weighted by Crippen LogP contribution is 2.02. The Hall–Kier alpha value is -1.25. The molecule has 0 aromatic carbocycles. The zero-order valence-corrected chi connectivity index (χ0v) is 7.50. The Bertz CT molecular complexity index is 182. The molecule has 0 amide bonds. The largest absolute Gasteiger partial charge is 0.487 e. The van der Waals surface area contributed by atoms with Crippen molar-refractivity contribution in [3.8, 4) is 0 Å². The normalized spacial score (nSPS) is 10.7. The van der Waals surface area contributed by atoms with Gasteiger partial charge in [-0.05, 0) is 19.4 Å². The van der Waals surface area contributed by atoms with E-state index in [0.29, 0.717) is 6.61 Å². The van der Waals surface area contributed by atoms with E-state index in [4.69, 9.17) is 4.74 Å². The summed E-state index contributed by atoms with van der Waals surface area (Å²) in [5.41, 5.74) is 0. The second kappa shape index (κ2) is 6.46. The van der Waals surface area contributed by atoms with Crippen molar-refractivity contribution < 1.29 is 14.3 Å². The van der Waals surface area contributed by atoms with Gasteiger partial charge in [0.25, 0.3) is 0 Å². The van der Waals surface area contributed by atoms with Crippen LogP contribution in [0.1, 0.15) is 20.3 Å². The van der Waals surface area contributed by atoms with E-state index in [0.717, 1.165) is 12.7 Å². The lowest BCUT2D eigenvalue weighted by atomic mass is 10.4. The molecule has 0 saturated heterocycles. The summed E-state index contributed by atoms with van der Waals surface area (Å²) in [7, 11) is 0. The van der Waals surface area contributed by atoms with Crippen LogP contribution in [0.4, 0.5) is 0 Å². The molecule has 0 bridgehead atoms. The summed E-state index contributed by atoms with van der Waals surface area (Å²) in [4.78, 5) is 11.0. The Morgan fingerprint density at radius 2 is 2.17 bits per heavy atom. The van der Waals surface area contributed by atoms with Crippen molar-refractivity contribution >= 4 is 5.97 Å². The van der Waals surface area contributed by atoms with Crippen molar-refractivity contribution in [3.63, 3.8) is 0 Å². The highest BCUT2D eigenvalue weighted by Gasteiger charge is 2.09. The minimum absolute atomic E-state index is 0.250. The first-order valence-electron chi connectivity index (χ1n) is 3.91. The predicted molar refractivity (Wildman–Crippen MR) is 46.3 cm³/mol. The van der Waals surface area contributed by atoms with Crippen LogP contribution in [-0.2, 0) is 14.3 Å². The van der Waals surface area contributed by atoms with Crippen LogP contribution in [-0.4, -0.2) is 12.6 Å². The third kappa shape index (κ3) is 3.81. The third-order valence-electron chi connectivity index (χ3n) is 1.08. The van der Waals surface area contributed by atoms with Crippen molar-refractivity contribution in [1.29, 1.82) is 0 Å². The van der Waals surface area contributed by atoms with E-state index in [1.807, 2.05) is 13.8 Å². The van der Waals surface area contributed by atoms with Crippen LogP contribution in [0, 0.1) is 0 Å². The standard InChI is InChI=1S/C9H14O3/c1-4-7-8(11-5-2)9(10)12-6-3/h6-7H,3-5H2,1-2H3. The van der Waals surface area contributed by atoms with Crippen molar-refractivity contribution in [2.45, 2.75) is 20.3 Å². The molecule has 68 valence electrons. The summed E-state index contributed by atoms with van der Waals surface area (Å²) in [6.07, 6.45) is 3.50. The molecule has 12 heavy (non-hydrogen) atoms. The topological polar surface area (TPSA) is 35.5 Å². The van der Waals surface area contributed by atoms with Gasteiger partial charge >= 0.3 is 5.97 Å². The Morgan fingerprint density at radius 1 is 1.50 bits per heavy atom. The fraction of sp³-hybridized carbons (Fsp3) is 0.444. The van der Waals surface area contributed by atoms with Gasteiger partial charge in [0.1, 0.15) is 0 Å². The lowest BCUT2D eigenvalue weighted by Crippen LogP contribution is -2.07. The Labute approximate surface area is 72.7 Å². The monoisotopic (exact) mass is 170 g/mol. The first-order chi connectivity index (χ1) is 5.76. The molecule has 0 aromatic rings. The summed E-state index contributed by atoms with van der Waals surface area (Å²) in [5.74, 6) is -0.242. The first kappa shape index (κ1) is 10.8. The molecule has 0 aliphatic carbocycles. The van der Waals surface area contributed by atoms with E-state index in [1.165, 1.54) is 0 Å². The van der Waals surface area contributed by atoms with E-state index >= 15 is 0 Å². The molecule has 3 heteroatoms. The average Bonchev–Trinajstić information content (AvgIpc) is 2.04. The summed E-state index contributed by atoms with van der Waals surface area (Å²) >= 11 is 0. The van der Waals surface area contributed by atoms with Crippen molar-refractivity contribution in [2.75, 3.05) is 6.61 Å². The summed E-state index contributed by atoms with van der Waals surface area (Å²) in [6, 6.07) is 0. The molecule has 0 N–H and O–H groups in total. The molecule has 0 heterocycles. The number of carbonyl (C=O) groups excluding carboxylic acids is 1. The van der Waals surface area contributed by atoms with Gasteiger partial charge in [0.05, 0.1) is 12.9 Å². The van der Waals surface area contributed by atoms with Gasteiger partial charge in [-0.3, -0.25) is 0 Å². The van der Waals surface area contributed by atoms with Crippen LogP contribution in [0.15, 0.2) is 24.7 Å². The van der Waals surface area contributed by atoms with Crippen LogP contribution in [0.2, 0.25) is 0 Å². The molecule has 0 unspecified atom stereocenters. The van der Waals surface area contributed by atoms with E-state index in [-0.39, 0.29) is 5.76 Å². The van der Waals surface area contributed by atoms with E-state index in [9.17, 15) is 4.79 Å². The molecule has 0 atom stereocenters. The fourth-order valence-corrected chi connectivity index (χ4v) is 0.676. The van der Waals surface area contributed by atoms with Crippen LogP contribution in [0.3, 0.4) is 0 Å². The zero-order chi connectivity index (χ0) is 9.40. The number of carbonyl (C=O) groups is 1. The number of ether oxygens (including phenoxy) is 2. The van der Waals surface area contributed by atoms with Gasteiger partial charge in [-0.1, -0.05) is 13.5 Å². The van der Waals surface area contributed by atoms with Gasteiger partial charge in [0.15, 0.2) is 0 Å². The molecular formula is C9H14O3. The molecule has 0 rings (SSSR count). The number of allylic oxidation sites excluding steroid dienone is 1. The Kier molecular flexibility index (Phi) is 5.79. The molecule has 3 nitrogen and oxygen atoms in total. The zero-order valence-electron chi connectivity index (χ0n) is 7.50. The van der Waals surface area contributed by atoms with E-state index < -0.39 is 5.97 Å². The SMILES string of the molecule is C=COC(=O)C(=CCC)OCC. The Morgan fingerprint density at radius 3 is 2.58 bits per heavy atom. The van der Waals surface area contributed by atoms with Crippen molar-refractivity contribution in [2.24, 2.45) is 0 Å². The third-order valence-corrected chi connectivity index (χ3v) is 1.08. The summed E-state index contributed by atoms with van der Waals surface area (Å²) < 4.78 is 9.58. The van der Waals surface area contributed by atoms with Crippen LogP contribution >= 0.6 is 0 Å². The highest BCUT2D eigenvalue weighted by molar-refractivity contribution is 5.86.